The van der Waals surface area contributed by atoms with Gasteiger partial charge in [0.2, 0.25) is 0 Å². The van der Waals surface area contributed by atoms with E-state index in [0.717, 1.165) is 11.6 Å². The Kier molecular flexibility index (Phi) is 7.22. The number of thioether (sulfide) groups is 1. The standard InChI is InChI=1S/C28H36ClNOS/c1-18(2)21-11-14-24-23(15-21)26(32-27(4,5)6)25(16-28(7,8)19(3)31)30(24)17-20-9-12-22(29)13-10-20/h9-15,18H,16-17H2,1-8H3. The fraction of sp³-hybridized carbons (Fsp3) is 0.464. The molecule has 0 radical (unpaired) electrons. The van der Waals surface area contributed by atoms with Crippen LogP contribution in [0, 0.1) is 5.41 Å². The maximum atomic E-state index is 12.5. The molecule has 32 heavy (non-hydrogen) atoms. The number of Topliss-reactive ketones (excluding diaryl/α,β-unsaturated/α-hetero) is 1. The average molecular weight is 470 g/mol. The molecule has 0 saturated carbocycles. The summed E-state index contributed by atoms with van der Waals surface area (Å²) >= 11 is 8.05. The Hall–Kier alpha value is -1.71. The first-order valence-electron chi connectivity index (χ1n) is 11.4. The highest BCUT2D eigenvalue weighted by Crippen LogP contribution is 2.44. The molecular formula is C28H36ClNOS. The van der Waals surface area contributed by atoms with E-state index >= 15 is 0 Å². The van der Waals surface area contributed by atoms with Crippen LogP contribution in [0.1, 0.15) is 78.1 Å². The maximum absolute atomic E-state index is 12.5. The van der Waals surface area contributed by atoms with Gasteiger partial charge in [-0.25, -0.2) is 0 Å². The number of hydrogen-bond acceptors (Lipinski definition) is 2. The van der Waals surface area contributed by atoms with Gasteiger partial charge in [0.15, 0.2) is 0 Å². The largest absolute Gasteiger partial charge is 0.339 e. The first kappa shape index (κ1) is 24.9. The van der Waals surface area contributed by atoms with Crippen LogP contribution < -0.4 is 0 Å². The van der Waals surface area contributed by atoms with E-state index in [1.165, 1.54) is 32.6 Å². The number of fused-ring (bicyclic) bond motifs is 1. The van der Waals surface area contributed by atoms with Crippen LogP contribution in [0.25, 0.3) is 10.9 Å². The number of carbonyl (C=O) groups excluding carboxylic acids is 1. The van der Waals surface area contributed by atoms with Crippen molar-refractivity contribution in [2.75, 3.05) is 0 Å². The predicted molar refractivity (Wildman–Crippen MR) is 140 cm³/mol. The molecule has 0 fully saturated rings. The summed E-state index contributed by atoms with van der Waals surface area (Å²) in [7, 11) is 0. The second kappa shape index (κ2) is 9.27. The molecular weight excluding hydrogens is 434 g/mol. The van der Waals surface area contributed by atoms with Gasteiger partial charge in [0, 0.05) is 49.6 Å². The van der Waals surface area contributed by atoms with Gasteiger partial charge in [0.05, 0.1) is 0 Å². The molecule has 2 aromatic carbocycles. The summed E-state index contributed by atoms with van der Waals surface area (Å²) < 4.78 is 2.48. The first-order valence-corrected chi connectivity index (χ1v) is 12.6. The first-order chi connectivity index (χ1) is 14.8. The van der Waals surface area contributed by atoms with Crippen molar-refractivity contribution in [2.24, 2.45) is 5.41 Å². The molecule has 3 aromatic rings. The van der Waals surface area contributed by atoms with Crippen molar-refractivity contribution in [1.82, 2.24) is 4.57 Å². The van der Waals surface area contributed by atoms with Gasteiger partial charge in [0.1, 0.15) is 5.78 Å². The molecule has 0 aliphatic carbocycles. The average Bonchev–Trinajstić information content (AvgIpc) is 2.94. The van der Waals surface area contributed by atoms with Crippen LogP contribution >= 0.6 is 23.4 Å². The molecule has 3 rings (SSSR count). The number of halogens is 1. The topological polar surface area (TPSA) is 22.0 Å². The van der Waals surface area contributed by atoms with Crippen molar-refractivity contribution < 1.29 is 4.79 Å². The number of hydrogen-bond donors (Lipinski definition) is 0. The van der Waals surface area contributed by atoms with Gasteiger partial charge in [-0.2, -0.15) is 0 Å². The Morgan fingerprint density at radius 3 is 2.19 bits per heavy atom. The van der Waals surface area contributed by atoms with Crippen LogP contribution in [0.3, 0.4) is 0 Å². The lowest BCUT2D eigenvalue weighted by atomic mass is 9.84. The highest BCUT2D eigenvalue weighted by molar-refractivity contribution is 8.00. The molecule has 4 heteroatoms. The third-order valence-electron chi connectivity index (χ3n) is 6.04. The number of ketones is 1. The molecule has 0 unspecified atom stereocenters. The van der Waals surface area contributed by atoms with Crippen LogP contribution in [0.4, 0.5) is 0 Å². The third-order valence-corrected chi connectivity index (χ3v) is 7.56. The maximum Gasteiger partial charge on any atom is 0.135 e. The number of carbonyl (C=O) groups is 1. The van der Waals surface area contributed by atoms with Crippen LogP contribution in [0.5, 0.6) is 0 Å². The summed E-state index contributed by atoms with van der Waals surface area (Å²) in [5.41, 5.74) is 4.59. The minimum Gasteiger partial charge on any atom is -0.339 e. The number of aromatic nitrogens is 1. The van der Waals surface area contributed by atoms with Crippen LogP contribution in [0.15, 0.2) is 47.4 Å². The Bertz CT molecular complexity index is 1120. The molecule has 0 bridgehead atoms. The molecule has 0 aliphatic rings. The second-order valence-corrected chi connectivity index (χ2v) is 13.0. The smallest absolute Gasteiger partial charge is 0.135 e. The van der Waals surface area contributed by atoms with E-state index in [-0.39, 0.29) is 10.5 Å². The third kappa shape index (κ3) is 5.61. The Labute approximate surface area is 202 Å². The van der Waals surface area contributed by atoms with Gasteiger partial charge in [0.25, 0.3) is 0 Å². The van der Waals surface area contributed by atoms with Crippen LogP contribution in [-0.2, 0) is 17.8 Å². The molecule has 0 aliphatic heterocycles. The molecule has 2 nitrogen and oxygen atoms in total. The second-order valence-electron chi connectivity index (χ2n) is 10.8. The lowest BCUT2D eigenvalue weighted by molar-refractivity contribution is -0.124. The number of benzene rings is 2. The van der Waals surface area contributed by atoms with E-state index in [9.17, 15) is 4.79 Å². The molecule has 0 spiro atoms. The Balaban J connectivity index is 2.30. The SMILES string of the molecule is CC(=O)C(C)(C)Cc1c(SC(C)(C)C)c2cc(C(C)C)ccc2n1Cc1ccc(Cl)cc1. The summed E-state index contributed by atoms with van der Waals surface area (Å²) in [4.78, 5) is 13.8. The van der Waals surface area contributed by atoms with E-state index < -0.39 is 5.41 Å². The molecule has 0 atom stereocenters. The fourth-order valence-corrected chi connectivity index (χ4v) is 5.16. The van der Waals surface area contributed by atoms with Crippen molar-refractivity contribution in [3.05, 3.63) is 64.3 Å². The van der Waals surface area contributed by atoms with E-state index in [2.05, 4.69) is 83.4 Å². The highest BCUT2D eigenvalue weighted by atomic mass is 35.5. The normalized spacial score (nSPS) is 12.7. The number of rotatable bonds is 7. The summed E-state index contributed by atoms with van der Waals surface area (Å²) in [6.07, 6.45) is 0.708. The highest BCUT2D eigenvalue weighted by Gasteiger charge is 2.30. The van der Waals surface area contributed by atoms with Gasteiger partial charge in [-0.05, 0) is 48.2 Å². The minimum atomic E-state index is -0.430. The Morgan fingerprint density at radius 2 is 1.66 bits per heavy atom. The number of nitrogens with zero attached hydrogens (tertiary/aromatic N) is 1. The zero-order chi connectivity index (χ0) is 23.8. The van der Waals surface area contributed by atoms with E-state index in [0.29, 0.717) is 12.3 Å². The summed E-state index contributed by atoms with van der Waals surface area (Å²) in [6, 6.07) is 14.9. The monoisotopic (exact) mass is 469 g/mol. The van der Waals surface area contributed by atoms with Gasteiger partial charge in [-0.15, -0.1) is 11.8 Å². The van der Waals surface area contributed by atoms with Gasteiger partial charge < -0.3 is 4.57 Å². The zero-order valence-corrected chi connectivity index (χ0v) is 22.2. The van der Waals surface area contributed by atoms with Gasteiger partial charge in [-0.3, -0.25) is 4.79 Å². The molecule has 0 saturated heterocycles. The van der Waals surface area contributed by atoms with Crippen molar-refractivity contribution in [2.45, 2.75) is 83.9 Å². The lowest BCUT2D eigenvalue weighted by Gasteiger charge is -2.25. The van der Waals surface area contributed by atoms with Gasteiger partial charge >= 0.3 is 0 Å². The summed E-state index contributed by atoms with van der Waals surface area (Å²) in [5.74, 6) is 0.680. The quantitative estimate of drug-likeness (QED) is 0.323. The molecule has 1 aromatic heterocycles. The predicted octanol–water partition coefficient (Wildman–Crippen LogP) is 8.51. The van der Waals surface area contributed by atoms with Crippen LogP contribution in [0.2, 0.25) is 5.02 Å². The molecule has 0 N–H and O–H groups in total. The van der Waals surface area contributed by atoms with E-state index in [1.807, 2.05) is 23.9 Å². The zero-order valence-electron chi connectivity index (χ0n) is 20.7. The summed E-state index contributed by atoms with van der Waals surface area (Å²) in [6.45, 7) is 17.8. The van der Waals surface area contributed by atoms with Crippen LogP contribution in [-0.4, -0.2) is 15.1 Å². The van der Waals surface area contributed by atoms with E-state index in [1.54, 1.807) is 6.92 Å². The van der Waals surface area contributed by atoms with Crippen molar-refractivity contribution in [3.63, 3.8) is 0 Å². The lowest BCUT2D eigenvalue weighted by Crippen LogP contribution is -2.26. The molecule has 0 amide bonds. The molecule has 1 heterocycles. The summed E-state index contributed by atoms with van der Waals surface area (Å²) in [5, 5.41) is 2.04. The van der Waals surface area contributed by atoms with Crippen molar-refractivity contribution in [3.8, 4) is 0 Å². The van der Waals surface area contributed by atoms with E-state index in [4.69, 9.17) is 11.6 Å². The molecule has 172 valence electrons. The fourth-order valence-electron chi connectivity index (χ4n) is 3.85. The van der Waals surface area contributed by atoms with Gasteiger partial charge in [-0.1, -0.05) is 78.3 Å². The van der Waals surface area contributed by atoms with Crippen molar-refractivity contribution >= 4 is 40.0 Å². The Morgan fingerprint density at radius 1 is 1.03 bits per heavy atom. The minimum absolute atomic E-state index is 0.0579. The van der Waals surface area contributed by atoms with Crippen molar-refractivity contribution in [1.29, 1.82) is 0 Å².